The van der Waals surface area contributed by atoms with Crippen LogP contribution in [0.15, 0.2) is 71.7 Å². The molecule has 0 spiro atoms. The van der Waals surface area contributed by atoms with Gasteiger partial charge in [-0.05, 0) is 69.5 Å². The van der Waals surface area contributed by atoms with Crippen molar-refractivity contribution in [1.29, 1.82) is 0 Å². The van der Waals surface area contributed by atoms with E-state index in [4.69, 9.17) is 4.74 Å². The maximum Gasteiger partial charge on any atom is 0.229 e. The van der Waals surface area contributed by atoms with Crippen molar-refractivity contribution in [3.63, 3.8) is 0 Å². The van der Waals surface area contributed by atoms with Crippen LogP contribution in [0.3, 0.4) is 0 Å². The third-order valence-corrected chi connectivity index (χ3v) is 5.37. The van der Waals surface area contributed by atoms with E-state index in [0.29, 0.717) is 23.7 Å². The van der Waals surface area contributed by atoms with E-state index >= 15 is 0 Å². The van der Waals surface area contributed by atoms with Crippen molar-refractivity contribution < 1.29 is 13.9 Å². The van der Waals surface area contributed by atoms with Gasteiger partial charge < -0.3 is 10.1 Å². The first-order chi connectivity index (χ1) is 14.7. The minimum Gasteiger partial charge on any atom is -0.491 e. The largest absolute Gasteiger partial charge is 0.491 e. The van der Waals surface area contributed by atoms with Crippen molar-refractivity contribution in [2.45, 2.75) is 39.5 Å². The summed E-state index contributed by atoms with van der Waals surface area (Å²) in [5.41, 5.74) is 2.72. The molecule has 3 rings (SSSR count). The van der Waals surface area contributed by atoms with Gasteiger partial charge in [0.05, 0.1) is 18.2 Å². The highest BCUT2D eigenvalue weighted by Gasteiger charge is 2.60. The molecule has 2 unspecified atom stereocenters. The molecule has 2 aromatic rings. The number of carbonyl (C=O) groups is 1. The van der Waals surface area contributed by atoms with Gasteiger partial charge in [0, 0.05) is 17.3 Å². The molecule has 0 radical (unpaired) electrons. The van der Waals surface area contributed by atoms with E-state index in [9.17, 15) is 9.18 Å². The van der Waals surface area contributed by atoms with Gasteiger partial charge in [-0.3, -0.25) is 9.79 Å². The van der Waals surface area contributed by atoms with Crippen LogP contribution in [-0.2, 0) is 14.9 Å². The standard InChI is InChI=1S/C25H28FN3O2/c1-6-22(18(5)28-16(2)3)31-15-25(19-8-7-9-20(26)12-19)13-21(25)24(30)29-23-11-10-17(4)14-27-23/h6-12,14,21H,1,13,15H2,2-5H3,(H,27,29,30)/b22-18+. The van der Waals surface area contributed by atoms with Crippen LogP contribution in [0.25, 0.3) is 0 Å². The fourth-order valence-corrected chi connectivity index (χ4v) is 3.67. The zero-order valence-corrected chi connectivity index (χ0v) is 18.4. The molecule has 1 fully saturated rings. The Labute approximate surface area is 182 Å². The minimum absolute atomic E-state index is 0.160. The molecule has 0 bridgehead atoms. The van der Waals surface area contributed by atoms with Gasteiger partial charge in [0.2, 0.25) is 5.91 Å². The highest BCUT2D eigenvalue weighted by atomic mass is 19.1. The van der Waals surface area contributed by atoms with Gasteiger partial charge >= 0.3 is 0 Å². The molecule has 162 valence electrons. The smallest absolute Gasteiger partial charge is 0.229 e. The molecule has 1 saturated carbocycles. The van der Waals surface area contributed by atoms with Gasteiger partial charge in [-0.1, -0.05) is 24.8 Å². The van der Waals surface area contributed by atoms with Crippen molar-refractivity contribution >= 4 is 17.4 Å². The Balaban J connectivity index is 1.84. The van der Waals surface area contributed by atoms with E-state index in [2.05, 4.69) is 21.9 Å². The molecule has 0 saturated heterocycles. The fraction of sp³-hybridized carbons (Fsp3) is 0.320. The lowest BCUT2D eigenvalue weighted by molar-refractivity contribution is -0.118. The number of aromatic nitrogens is 1. The van der Waals surface area contributed by atoms with E-state index in [-0.39, 0.29) is 24.2 Å². The summed E-state index contributed by atoms with van der Waals surface area (Å²) in [5, 5.41) is 2.87. The quantitative estimate of drug-likeness (QED) is 0.355. The van der Waals surface area contributed by atoms with Gasteiger partial charge in [0.1, 0.15) is 17.4 Å². The number of benzene rings is 1. The highest BCUT2D eigenvalue weighted by molar-refractivity contribution is 5.95. The summed E-state index contributed by atoms with van der Waals surface area (Å²) in [7, 11) is 0. The normalized spacial score (nSPS) is 20.4. The maximum absolute atomic E-state index is 14.0. The molecule has 5 nitrogen and oxygen atoms in total. The van der Waals surface area contributed by atoms with Crippen LogP contribution in [0.1, 0.15) is 38.3 Å². The van der Waals surface area contributed by atoms with Gasteiger partial charge in [-0.2, -0.15) is 0 Å². The van der Waals surface area contributed by atoms with Gasteiger partial charge in [-0.15, -0.1) is 0 Å². The fourth-order valence-electron chi connectivity index (χ4n) is 3.67. The molecular weight excluding hydrogens is 393 g/mol. The molecule has 1 heterocycles. The summed E-state index contributed by atoms with van der Waals surface area (Å²) in [4.78, 5) is 21.6. The molecule has 1 aliphatic carbocycles. The molecule has 1 aliphatic rings. The second-order valence-electron chi connectivity index (χ2n) is 8.13. The first kappa shape index (κ1) is 22.4. The number of anilines is 1. The maximum atomic E-state index is 14.0. The SMILES string of the molecule is C=C/C(OCC1(c2cccc(F)c2)CC1C(=O)Nc1ccc(C)cn1)=C(/C)N=C(C)C. The second-order valence-corrected chi connectivity index (χ2v) is 8.13. The lowest BCUT2D eigenvalue weighted by Crippen LogP contribution is -2.25. The zero-order chi connectivity index (χ0) is 22.6. The molecule has 1 aromatic carbocycles. The zero-order valence-electron chi connectivity index (χ0n) is 18.4. The number of carbonyl (C=O) groups excluding carboxylic acids is 1. The van der Waals surface area contributed by atoms with Crippen LogP contribution < -0.4 is 5.32 Å². The van der Waals surface area contributed by atoms with Gasteiger partial charge in [-0.25, -0.2) is 9.37 Å². The summed E-state index contributed by atoms with van der Waals surface area (Å²) in [5.74, 6) is 0.174. The number of ether oxygens (including phenoxy) is 1. The van der Waals surface area contributed by atoms with Crippen LogP contribution >= 0.6 is 0 Å². The predicted molar refractivity (Wildman–Crippen MR) is 121 cm³/mol. The van der Waals surface area contributed by atoms with Crippen LogP contribution in [0.5, 0.6) is 0 Å². The molecule has 0 aliphatic heterocycles. The molecule has 31 heavy (non-hydrogen) atoms. The first-order valence-electron chi connectivity index (χ1n) is 10.2. The molecule has 1 aromatic heterocycles. The summed E-state index contributed by atoms with van der Waals surface area (Å²) >= 11 is 0. The molecule has 1 N–H and O–H groups in total. The van der Waals surface area contributed by atoms with Crippen LogP contribution in [-0.4, -0.2) is 23.2 Å². The summed E-state index contributed by atoms with van der Waals surface area (Å²) in [6, 6.07) is 10.0. The number of rotatable bonds is 8. The number of amides is 1. The Morgan fingerprint density at radius 1 is 1.35 bits per heavy atom. The number of allylic oxidation sites excluding steroid dienone is 2. The van der Waals surface area contributed by atoms with Crippen LogP contribution in [0, 0.1) is 18.7 Å². The number of hydrogen-bond acceptors (Lipinski definition) is 4. The summed E-state index contributed by atoms with van der Waals surface area (Å²) < 4.78 is 20.0. The number of nitrogens with zero attached hydrogens (tertiary/aromatic N) is 2. The summed E-state index contributed by atoms with van der Waals surface area (Å²) in [6.45, 7) is 11.6. The Morgan fingerprint density at radius 2 is 2.13 bits per heavy atom. The third kappa shape index (κ3) is 5.26. The molecule has 1 amide bonds. The highest BCUT2D eigenvalue weighted by Crippen LogP contribution is 2.55. The average molecular weight is 422 g/mol. The predicted octanol–water partition coefficient (Wildman–Crippen LogP) is 5.34. The second kappa shape index (κ2) is 9.25. The molecule has 2 atom stereocenters. The number of aryl methyl sites for hydroxylation is 1. The number of nitrogens with one attached hydrogen (secondary N) is 1. The molecular formula is C25H28FN3O2. The number of pyridine rings is 1. The Bertz CT molecular complexity index is 1040. The van der Waals surface area contributed by atoms with Crippen LogP contribution in [0.2, 0.25) is 0 Å². The third-order valence-electron chi connectivity index (χ3n) is 5.37. The van der Waals surface area contributed by atoms with Crippen molar-refractivity contribution in [3.8, 4) is 0 Å². The van der Waals surface area contributed by atoms with E-state index in [1.165, 1.54) is 12.1 Å². The summed E-state index contributed by atoms with van der Waals surface area (Å²) in [6.07, 6.45) is 3.86. The number of hydrogen-bond donors (Lipinski definition) is 1. The Hall–Kier alpha value is -3.28. The van der Waals surface area contributed by atoms with Crippen molar-refractivity contribution in [2.75, 3.05) is 11.9 Å². The van der Waals surface area contributed by atoms with E-state index in [1.54, 1.807) is 24.4 Å². The Kier molecular flexibility index (Phi) is 6.68. The van der Waals surface area contributed by atoms with Gasteiger partial charge in [0.15, 0.2) is 0 Å². The molecule has 6 heteroatoms. The van der Waals surface area contributed by atoms with Crippen LogP contribution in [0.4, 0.5) is 10.2 Å². The lowest BCUT2D eigenvalue weighted by atomic mass is 9.93. The van der Waals surface area contributed by atoms with E-state index in [0.717, 1.165) is 16.8 Å². The number of aliphatic imine (C=N–C) groups is 1. The lowest BCUT2D eigenvalue weighted by Gasteiger charge is -2.20. The van der Waals surface area contributed by atoms with Gasteiger partial charge in [0.25, 0.3) is 0 Å². The van der Waals surface area contributed by atoms with E-state index < -0.39 is 5.41 Å². The minimum atomic E-state index is -0.629. The van der Waals surface area contributed by atoms with Crippen molar-refractivity contribution in [1.82, 2.24) is 4.98 Å². The van der Waals surface area contributed by atoms with E-state index in [1.807, 2.05) is 39.8 Å². The van der Waals surface area contributed by atoms with Crippen molar-refractivity contribution in [3.05, 3.63) is 83.7 Å². The Morgan fingerprint density at radius 3 is 2.74 bits per heavy atom. The topological polar surface area (TPSA) is 63.6 Å². The monoisotopic (exact) mass is 421 g/mol. The first-order valence-corrected chi connectivity index (χ1v) is 10.2. The van der Waals surface area contributed by atoms with Crippen molar-refractivity contribution in [2.24, 2.45) is 10.9 Å². The average Bonchev–Trinajstić information content (AvgIpc) is 3.46. The number of halogens is 1.